The fourth-order valence-electron chi connectivity index (χ4n) is 0.874. The Morgan fingerprint density at radius 2 is 1.87 bits per heavy atom. The van der Waals surface area contributed by atoms with Crippen molar-refractivity contribution in [3.8, 4) is 5.75 Å². The highest BCUT2D eigenvalue weighted by molar-refractivity contribution is 8.09. The lowest BCUT2D eigenvalue weighted by Crippen LogP contribution is -1.92. The number of hydrogen-bond donors (Lipinski definition) is 1. The van der Waals surface area contributed by atoms with Crippen molar-refractivity contribution >= 4 is 20.0 Å². The fourth-order valence-corrected chi connectivity index (χ4v) is 0.874. The standard InChI is InChI=1S/C9H12O.ClHO3S/c1-3-10-9-7-5-4-6-8(9)2;1-5(2,3)4/h4-7H,3H2,1-2H3;(H,2,3,4). The number of hydrogen-bond acceptors (Lipinski definition) is 3. The molecule has 0 heterocycles. The summed E-state index contributed by atoms with van der Waals surface area (Å²) in [5.74, 6) is 0.991. The van der Waals surface area contributed by atoms with Gasteiger partial charge >= 0.3 is 9.33 Å². The zero-order chi connectivity index (χ0) is 11.9. The van der Waals surface area contributed by atoms with Gasteiger partial charge in [0.15, 0.2) is 0 Å². The van der Waals surface area contributed by atoms with Gasteiger partial charge in [-0.05, 0) is 25.5 Å². The summed E-state index contributed by atoms with van der Waals surface area (Å²) in [6.07, 6.45) is 0. The third-order valence-corrected chi connectivity index (χ3v) is 1.39. The Balaban J connectivity index is 0.000000336. The number of aryl methyl sites for hydroxylation is 1. The molecule has 0 aliphatic heterocycles. The minimum absolute atomic E-state index is 0.741. The van der Waals surface area contributed by atoms with E-state index >= 15 is 0 Å². The molecule has 1 N–H and O–H groups in total. The van der Waals surface area contributed by atoms with Gasteiger partial charge in [-0.15, -0.1) is 0 Å². The average Bonchev–Trinajstić information content (AvgIpc) is 2.06. The van der Waals surface area contributed by atoms with Crippen LogP contribution in [-0.2, 0) is 9.33 Å². The molecule has 1 aromatic rings. The molecule has 0 aliphatic carbocycles. The molecule has 0 aromatic heterocycles. The fraction of sp³-hybridized carbons (Fsp3) is 0.333. The van der Waals surface area contributed by atoms with E-state index in [1.54, 1.807) is 0 Å². The van der Waals surface area contributed by atoms with Gasteiger partial charge in [0.05, 0.1) is 6.61 Å². The Labute approximate surface area is 94.1 Å². The maximum Gasteiger partial charge on any atom is 0.353 e. The van der Waals surface area contributed by atoms with E-state index in [-0.39, 0.29) is 0 Å². The minimum atomic E-state index is -4.19. The summed E-state index contributed by atoms with van der Waals surface area (Å²) < 4.78 is 30.5. The van der Waals surface area contributed by atoms with E-state index in [9.17, 15) is 0 Å². The highest BCUT2D eigenvalue weighted by atomic mass is 35.7. The number of benzene rings is 1. The maximum atomic E-state index is 8.95. The van der Waals surface area contributed by atoms with Crippen molar-refractivity contribution in [1.82, 2.24) is 0 Å². The molecule has 1 aromatic carbocycles. The zero-order valence-corrected chi connectivity index (χ0v) is 10.0. The normalized spacial score (nSPS) is 10.1. The molecule has 0 atom stereocenters. The molecule has 0 aliphatic rings. The number of ether oxygens (including phenoxy) is 1. The molecule has 15 heavy (non-hydrogen) atoms. The molecule has 0 saturated heterocycles. The molecular weight excluding hydrogens is 240 g/mol. The monoisotopic (exact) mass is 252 g/mol. The molecule has 0 saturated carbocycles. The van der Waals surface area contributed by atoms with Crippen LogP contribution in [-0.4, -0.2) is 19.6 Å². The van der Waals surface area contributed by atoms with Gasteiger partial charge in [-0.1, -0.05) is 18.2 Å². The molecule has 86 valence electrons. The zero-order valence-electron chi connectivity index (χ0n) is 8.47. The van der Waals surface area contributed by atoms with Gasteiger partial charge < -0.3 is 4.74 Å². The predicted octanol–water partition coefficient (Wildman–Crippen LogP) is 2.42. The smallest absolute Gasteiger partial charge is 0.353 e. The lowest BCUT2D eigenvalue weighted by molar-refractivity contribution is 0.338. The highest BCUT2D eigenvalue weighted by Crippen LogP contribution is 2.15. The highest BCUT2D eigenvalue weighted by Gasteiger charge is 1.93. The van der Waals surface area contributed by atoms with Crippen molar-refractivity contribution in [1.29, 1.82) is 0 Å². The van der Waals surface area contributed by atoms with E-state index in [0.29, 0.717) is 0 Å². The predicted molar refractivity (Wildman–Crippen MR) is 59.7 cm³/mol. The first kappa shape index (κ1) is 14.2. The van der Waals surface area contributed by atoms with E-state index in [4.69, 9.17) is 17.7 Å². The lowest BCUT2D eigenvalue weighted by Gasteiger charge is -2.04. The Kier molecular flexibility index (Phi) is 6.31. The van der Waals surface area contributed by atoms with Crippen LogP contribution in [0.15, 0.2) is 24.3 Å². The van der Waals surface area contributed by atoms with Gasteiger partial charge in [0.2, 0.25) is 0 Å². The van der Waals surface area contributed by atoms with Gasteiger partial charge in [-0.2, -0.15) is 8.42 Å². The molecule has 0 unspecified atom stereocenters. The molecule has 0 bridgehead atoms. The lowest BCUT2D eigenvalue weighted by atomic mass is 10.2. The molecule has 6 heteroatoms. The first-order chi connectivity index (χ1) is 6.84. The summed E-state index contributed by atoms with van der Waals surface area (Å²) >= 11 is 0. The number of rotatable bonds is 2. The summed E-state index contributed by atoms with van der Waals surface area (Å²) in [4.78, 5) is 0. The van der Waals surface area contributed by atoms with Crippen LogP contribution in [0.5, 0.6) is 5.75 Å². The quantitative estimate of drug-likeness (QED) is 0.649. The van der Waals surface area contributed by atoms with Gasteiger partial charge in [0.1, 0.15) is 5.75 Å². The number of halogens is 1. The molecule has 4 nitrogen and oxygen atoms in total. The SMILES string of the molecule is CCOc1ccccc1C.O=S(=O)(O)Cl. The van der Waals surface area contributed by atoms with Gasteiger partial charge in [0.25, 0.3) is 0 Å². The average molecular weight is 253 g/mol. The molecule has 0 radical (unpaired) electrons. The van der Waals surface area contributed by atoms with E-state index in [1.165, 1.54) is 5.56 Å². The molecule has 0 spiro atoms. The summed E-state index contributed by atoms with van der Waals surface area (Å²) in [6.45, 7) is 4.78. The van der Waals surface area contributed by atoms with Crippen LogP contribution in [0.25, 0.3) is 0 Å². The van der Waals surface area contributed by atoms with Crippen LogP contribution in [0.1, 0.15) is 12.5 Å². The van der Waals surface area contributed by atoms with Crippen LogP contribution in [0.2, 0.25) is 0 Å². The molecule has 1 rings (SSSR count). The van der Waals surface area contributed by atoms with E-state index in [2.05, 4.69) is 10.7 Å². The molecule has 0 amide bonds. The van der Waals surface area contributed by atoms with Crippen molar-refractivity contribution in [2.45, 2.75) is 13.8 Å². The van der Waals surface area contributed by atoms with Gasteiger partial charge in [-0.25, -0.2) is 0 Å². The van der Waals surface area contributed by atoms with E-state index in [0.717, 1.165) is 12.4 Å². The number of para-hydroxylation sites is 1. The second-order valence-corrected chi connectivity index (χ2v) is 4.60. The van der Waals surface area contributed by atoms with Crippen LogP contribution < -0.4 is 4.74 Å². The van der Waals surface area contributed by atoms with Crippen molar-refractivity contribution < 1.29 is 17.7 Å². The first-order valence-corrected chi connectivity index (χ1v) is 6.46. The van der Waals surface area contributed by atoms with E-state index in [1.807, 2.05) is 38.1 Å². The molecule has 0 fully saturated rings. The third-order valence-electron chi connectivity index (χ3n) is 1.39. The summed E-state index contributed by atoms with van der Waals surface area (Å²) in [7, 11) is -0.137. The summed E-state index contributed by atoms with van der Waals surface area (Å²) in [5, 5.41) is 0. The third kappa shape index (κ3) is 9.52. The summed E-state index contributed by atoms with van der Waals surface area (Å²) in [6, 6.07) is 8.03. The Hall–Kier alpha value is -0.780. The van der Waals surface area contributed by atoms with Gasteiger partial charge in [0, 0.05) is 10.7 Å². The van der Waals surface area contributed by atoms with Crippen LogP contribution in [0.3, 0.4) is 0 Å². The summed E-state index contributed by atoms with van der Waals surface area (Å²) in [5.41, 5.74) is 1.20. The molecular formula is C9H13ClO4S. The second kappa shape index (κ2) is 6.66. The van der Waals surface area contributed by atoms with Crippen LogP contribution in [0.4, 0.5) is 0 Å². The van der Waals surface area contributed by atoms with Crippen LogP contribution >= 0.6 is 10.7 Å². The Morgan fingerprint density at radius 3 is 2.27 bits per heavy atom. The largest absolute Gasteiger partial charge is 0.494 e. The first-order valence-electron chi connectivity index (χ1n) is 4.20. The van der Waals surface area contributed by atoms with Gasteiger partial charge in [-0.3, -0.25) is 4.55 Å². The van der Waals surface area contributed by atoms with E-state index < -0.39 is 9.33 Å². The van der Waals surface area contributed by atoms with Crippen molar-refractivity contribution in [3.05, 3.63) is 29.8 Å². The second-order valence-electron chi connectivity index (χ2n) is 2.61. The van der Waals surface area contributed by atoms with Crippen molar-refractivity contribution in [2.75, 3.05) is 6.61 Å². The Morgan fingerprint density at radius 1 is 1.40 bits per heavy atom. The van der Waals surface area contributed by atoms with Crippen molar-refractivity contribution in [2.24, 2.45) is 0 Å². The topological polar surface area (TPSA) is 63.6 Å². The maximum absolute atomic E-state index is 8.95. The van der Waals surface area contributed by atoms with Crippen LogP contribution in [0, 0.1) is 6.92 Å². The minimum Gasteiger partial charge on any atom is -0.494 e. The van der Waals surface area contributed by atoms with Crippen molar-refractivity contribution in [3.63, 3.8) is 0 Å². The Bertz CT molecular complexity index is 381.